The fraction of sp³-hybridized carbons (Fsp3) is 0.385. The summed E-state index contributed by atoms with van der Waals surface area (Å²) in [4.78, 5) is 22.7. The van der Waals surface area contributed by atoms with E-state index in [-0.39, 0.29) is 0 Å². The molecule has 5 heteroatoms. The molecule has 0 heterocycles. The third kappa shape index (κ3) is 3.23. The van der Waals surface area contributed by atoms with Crippen molar-refractivity contribution < 1.29 is 19.4 Å². The largest absolute Gasteiger partial charge is 0.496 e. The van der Waals surface area contributed by atoms with Crippen LogP contribution < -0.4 is 10.1 Å². The van der Waals surface area contributed by atoms with Crippen LogP contribution in [0.15, 0.2) is 18.2 Å². The number of aryl methyl sites for hydroxylation is 1. The molecule has 0 spiro atoms. The molecule has 0 aliphatic heterocycles. The quantitative estimate of drug-likeness (QED) is 0.833. The van der Waals surface area contributed by atoms with E-state index >= 15 is 0 Å². The molecule has 2 N–H and O–H groups in total. The van der Waals surface area contributed by atoms with Gasteiger partial charge < -0.3 is 15.2 Å². The van der Waals surface area contributed by atoms with Crippen LogP contribution in [0.3, 0.4) is 0 Å². The van der Waals surface area contributed by atoms with Crippen molar-refractivity contribution in [1.29, 1.82) is 0 Å². The number of ether oxygens (including phenoxy) is 1. The second kappa shape index (κ2) is 6.05. The van der Waals surface area contributed by atoms with Gasteiger partial charge in [0.2, 0.25) is 0 Å². The molecule has 1 aromatic carbocycles. The van der Waals surface area contributed by atoms with Crippen LogP contribution in [-0.4, -0.2) is 30.1 Å². The molecule has 0 aliphatic carbocycles. The average molecular weight is 251 g/mol. The summed E-state index contributed by atoms with van der Waals surface area (Å²) in [6.07, 6.45) is 0.337. The van der Waals surface area contributed by atoms with Crippen LogP contribution in [0.25, 0.3) is 0 Å². The van der Waals surface area contributed by atoms with Crippen molar-refractivity contribution in [2.75, 3.05) is 7.11 Å². The molecule has 1 unspecified atom stereocenters. The fourth-order valence-electron chi connectivity index (χ4n) is 1.54. The van der Waals surface area contributed by atoms with E-state index in [1.165, 1.54) is 7.11 Å². The lowest BCUT2D eigenvalue weighted by molar-refractivity contribution is -0.139. The van der Waals surface area contributed by atoms with Crippen LogP contribution in [0.5, 0.6) is 5.75 Å². The highest BCUT2D eigenvalue weighted by Gasteiger charge is 2.18. The van der Waals surface area contributed by atoms with Gasteiger partial charge in [-0.2, -0.15) is 0 Å². The molecular weight excluding hydrogens is 234 g/mol. The van der Waals surface area contributed by atoms with Gasteiger partial charge in [-0.05, 0) is 31.0 Å². The van der Waals surface area contributed by atoms with E-state index in [0.717, 1.165) is 5.56 Å². The van der Waals surface area contributed by atoms with Gasteiger partial charge in [0, 0.05) is 5.56 Å². The monoisotopic (exact) mass is 251 g/mol. The standard InChI is InChI=1S/C13H17NO4/c1-4-10(13(16)17)14-12(15)9-6-5-8(2)11(7-9)18-3/h5-7,10H,4H2,1-3H3,(H,14,15)(H,16,17). The van der Waals surface area contributed by atoms with Crippen LogP contribution in [0.4, 0.5) is 0 Å². The van der Waals surface area contributed by atoms with E-state index < -0.39 is 17.9 Å². The number of carbonyl (C=O) groups excluding carboxylic acids is 1. The zero-order valence-corrected chi connectivity index (χ0v) is 10.7. The van der Waals surface area contributed by atoms with Gasteiger partial charge in [-0.25, -0.2) is 4.79 Å². The minimum Gasteiger partial charge on any atom is -0.496 e. The van der Waals surface area contributed by atoms with Crippen LogP contribution in [0, 0.1) is 6.92 Å². The lowest BCUT2D eigenvalue weighted by atomic mass is 10.1. The number of carboxylic acids is 1. The van der Waals surface area contributed by atoms with Crippen LogP contribution in [-0.2, 0) is 4.79 Å². The Kier molecular flexibility index (Phi) is 4.71. The van der Waals surface area contributed by atoms with Gasteiger partial charge >= 0.3 is 5.97 Å². The minimum absolute atomic E-state index is 0.337. The Hall–Kier alpha value is -2.04. The molecule has 98 valence electrons. The maximum atomic E-state index is 11.9. The SMILES string of the molecule is CCC(NC(=O)c1ccc(C)c(OC)c1)C(=O)O. The van der Waals surface area contributed by atoms with Gasteiger partial charge in [-0.1, -0.05) is 13.0 Å². The second-order valence-electron chi connectivity index (χ2n) is 3.96. The third-order valence-corrected chi connectivity index (χ3v) is 2.68. The summed E-state index contributed by atoms with van der Waals surface area (Å²) in [5.41, 5.74) is 1.30. The van der Waals surface area contributed by atoms with E-state index in [1.54, 1.807) is 25.1 Å². The first-order chi connectivity index (χ1) is 8.49. The van der Waals surface area contributed by atoms with E-state index in [2.05, 4.69) is 5.32 Å². The van der Waals surface area contributed by atoms with Crippen molar-refractivity contribution in [3.05, 3.63) is 29.3 Å². The topological polar surface area (TPSA) is 75.6 Å². The van der Waals surface area contributed by atoms with E-state index in [1.807, 2.05) is 6.92 Å². The molecule has 1 amide bonds. The lowest BCUT2D eigenvalue weighted by Crippen LogP contribution is -2.40. The number of benzene rings is 1. The van der Waals surface area contributed by atoms with Gasteiger partial charge in [-0.15, -0.1) is 0 Å². The molecular formula is C13H17NO4. The number of hydrogen-bond acceptors (Lipinski definition) is 3. The fourth-order valence-corrected chi connectivity index (χ4v) is 1.54. The smallest absolute Gasteiger partial charge is 0.326 e. The van der Waals surface area contributed by atoms with E-state index in [0.29, 0.717) is 17.7 Å². The molecule has 0 bridgehead atoms. The number of carboxylic acid groups (broad SMARTS) is 1. The highest BCUT2D eigenvalue weighted by Crippen LogP contribution is 2.18. The Bertz CT molecular complexity index is 456. The Morgan fingerprint density at radius 1 is 1.44 bits per heavy atom. The van der Waals surface area contributed by atoms with E-state index in [4.69, 9.17) is 9.84 Å². The van der Waals surface area contributed by atoms with Gasteiger partial charge in [0.25, 0.3) is 5.91 Å². The summed E-state index contributed by atoms with van der Waals surface area (Å²) in [7, 11) is 1.52. The lowest BCUT2D eigenvalue weighted by Gasteiger charge is -2.13. The zero-order valence-electron chi connectivity index (χ0n) is 10.7. The van der Waals surface area contributed by atoms with Gasteiger partial charge in [-0.3, -0.25) is 4.79 Å². The normalized spacial score (nSPS) is 11.7. The molecule has 5 nitrogen and oxygen atoms in total. The minimum atomic E-state index is -1.04. The maximum Gasteiger partial charge on any atom is 0.326 e. The molecule has 1 aromatic rings. The average Bonchev–Trinajstić information content (AvgIpc) is 2.35. The summed E-state index contributed by atoms with van der Waals surface area (Å²) < 4.78 is 5.12. The second-order valence-corrected chi connectivity index (χ2v) is 3.96. The first kappa shape index (κ1) is 14.0. The van der Waals surface area contributed by atoms with Crippen LogP contribution in [0.2, 0.25) is 0 Å². The molecule has 0 aromatic heterocycles. The Labute approximate surface area is 106 Å². The summed E-state index contributed by atoms with van der Waals surface area (Å²) in [5, 5.41) is 11.3. The molecule has 1 rings (SSSR count). The number of amides is 1. The Morgan fingerprint density at radius 3 is 2.61 bits per heavy atom. The predicted molar refractivity (Wildman–Crippen MR) is 66.9 cm³/mol. The van der Waals surface area contributed by atoms with Crippen molar-refractivity contribution in [2.45, 2.75) is 26.3 Å². The molecule has 18 heavy (non-hydrogen) atoms. The number of nitrogens with one attached hydrogen (secondary N) is 1. The van der Waals surface area contributed by atoms with Crippen LogP contribution in [0.1, 0.15) is 29.3 Å². The molecule has 0 saturated carbocycles. The Balaban J connectivity index is 2.87. The third-order valence-electron chi connectivity index (χ3n) is 2.68. The van der Waals surface area contributed by atoms with Crippen molar-refractivity contribution in [3.63, 3.8) is 0 Å². The number of carbonyl (C=O) groups is 2. The number of aliphatic carboxylic acids is 1. The number of hydrogen-bond donors (Lipinski definition) is 2. The van der Waals surface area contributed by atoms with Crippen molar-refractivity contribution >= 4 is 11.9 Å². The van der Waals surface area contributed by atoms with Gasteiger partial charge in [0.1, 0.15) is 11.8 Å². The molecule has 0 saturated heterocycles. The summed E-state index contributed by atoms with van der Waals surface area (Å²) in [6.45, 7) is 3.57. The first-order valence-electron chi connectivity index (χ1n) is 5.67. The Morgan fingerprint density at radius 2 is 2.11 bits per heavy atom. The molecule has 1 atom stereocenters. The highest BCUT2D eigenvalue weighted by molar-refractivity contribution is 5.97. The zero-order chi connectivity index (χ0) is 13.7. The maximum absolute atomic E-state index is 11.9. The predicted octanol–water partition coefficient (Wildman–Crippen LogP) is 1.60. The summed E-state index contributed by atoms with van der Waals surface area (Å²) >= 11 is 0. The van der Waals surface area contributed by atoms with Crippen LogP contribution >= 0.6 is 0 Å². The first-order valence-corrected chi connectivity index (χ1v) is 5.67. The van der Waals surface area contributed by atoms with Crippen molar-refractivity contribution in [1.82, 2.24) is 5.32 Å². The number of methoxy groups -OCH3 is 1. The van der Waals surface area contributed by atoms with Gasteiger partial charge in [0.15, 0.2) is 0 Å². The van der Waals surface area contributed by atoms with Crippen molar-refractivity contribution in [2.24, 2.45) is 0 Å². The number of rotatable bonds is 5. The molecule has 0 aliphatic rings. The van der Waals surface area contributed by atoms with Gasteiger partial charge in [0.05, 0.1) is 7.11 Å². The summed E-state index contributed by atoms with van der Waals surface area (Å²) in [5.74, 6) is -0.849. The molecule has 0 radical (unpaired) electrons. The summed E-state index contributed by atoms with van der Waals surface area (Å²) in [6, 6.07) is 4.13. The van der Waals surface area contributed by atoms with Crippen molar-refractivity contribution in [3.8, 4) is 5.75 Å². The molecule has 0 fully saturated rings. The van der Waals surface area contributed by atoms with E-state index in [9.17, 15) is 9.59 Å². The highest BCUT2D eigenvalue weighted by atomic mass is 16.5.